The first-order valence-electron chi connectivity index (χ1n) is 7.93. The molecule has 2 aromatic carbocycles. The number of Topliss-reactive ketones (excluding diaryl/α,β-unsaturated/α-hetero) is 1. The molecular formula is C20H18N2O2S. The van der Waals surface area contributed by atoms with Crippen LogP contribution in [0.4, 0.5) is 5.69 Å². The molecule has 3 aromatic rings. The van der Waals surface area contributed by atoms with Crippen molar-refractivity contribution in [2.45, 2.75) is 18.9 Å². The average molecular weight is 350 g/mol. The van der Waals surface area contributed by atoms with E-state index in [-0.39, 0.29) is 17.4 Å². The van der Waals surface area contributed by atoms with E-state index in [0.29, 0.717) is 11.3 Å². The molecule has 1 amide bonds. The largest absolute Gasteiger partial charge is 0.325 e. The number of hydrogen-bond acceptors (Lipinski definition) is 4. The van der Waals surface area contributed by atoms with Gasteiger partial charge in [-0.15, -0.1) is 0 Å². The third kappa shape index (κ3) is 4.06. The Morgan fingerprint density at radius 3 is 2.60 bits per heavy atom. The number of thioether (sulfide) groups is 1. The zero-order valence-corrected chi connectivity index (χ0v) is 14.9. The molecule has 0 radical (unpaired) electrons. The van der Waals surface area contributed by atoms with Crippen molar-refractivity contribution in [2.75, 3.05) is 11.1 Å². The first-order valence-corrected chi connectivity index (χ1v) is 8.92. The molecule has 126 valence electrons. The van der Waals surface area contributed by atoms with E-state index >= 15 is 0 Å². The molecular weight excluding hydrogens is 332 g/mol. The van der Waals surface area contributed by atoms with Gasteiger partial charge in [0, 0.05) is 10.9 Å². The summed E-state index contributed by atoms with van der Waals surface area (Å²) in [5.74, 6) is -0.00140. The van der Waals surface area contributed by atoms with Crippen LogP contribution in [0.1, 0.15) is 22.8 Å². The highest BCUT2D eigenvalue weighted by Crippen LogP contribution is 2.24. The van der Waals surface area contributed by atoms with Crippen molar-refractivity contribution in [3.8, 4) is 0 Å². The number of hydrogen-bond donors (Lipinski definition) is 1. The summed E-state index contributed by atoms with van der Waals surface area (Å²) in [6.07, 6.45) is 0. The number of benzene rings is 2. The Balaban J connectivity index is 1.70. The Bertz CT molecular complexity index is 953. The van der Waals surface area contributed by atoms with Crippen LogP contribution in [-0.2, 0) is 4.79 Å². The van der Waals surface area contributed by atoms with Gasteiger partial charge in [0.1, 0.15) is 0 Å². The Morgan fingerprint density at radius 2 is 1.80 bits per heavy atom. The van der Waals surface area contributed by atoms with Crippen LogP contribution in [0.3, 0.4) is 0 Å². The van der Waals surface area contributed by atoms with Crippen LogP contribution in [0, 0.1) is 6.92 Å². The predicted molar refractivity (Wildman–Crippen MR) is 102 cm³/mol. The van der Waals surface area contributed by atoms with E-state index in [1.807, 2.05) is 37.3 Å². The van der Waals surface area contributed by atoms with Crippen LogP contribution in [-0.4, -0.2) is 22.4 Å². The summed E-state index contributed by atoms with van der Waals surface area (Å²) in [5.41, 5.74) is 3.12. The Labute approximate surface area is 150 Å². The van der Waals surface area contributed by atoms with Crippen LogP contribution >= 0.6 is 11.8 Å². The molecule has 0 aliphatic heterocycles. The van der Waals surface area contributed by atoms with Gasteiger partial charge in [0.25, 0.3) is 0 Å². The van der Waals surface area contributed by atoms with Crippen LogP contribution < -0.4 is 5.32 Å². The van der Waals surface area contributed by atoms with Gasteiger partial charge in [-0.3, -0.25) is 9.59 Å². The second-order valence-electron chi connectivity index (χ2n) is 5.73. The van der Waals surface area contributed by atoms with E-state index in [0.717, 1.165) is 21.5 Å². The Morgan fingerprint density at radius 1 is 1.08 bits per heavy atom. The maximum Gasteiger partial charge on any atom is 0.234 e. The summed E-state index contributed by atoms with van der Waals surface area (Å²) in [4.78, 5) is 28.5. The van der Waals surface area contributed by atoms with Crippen molar-refractivity contribution in [3.63, 3.8) is 0 Å². The number of anilines is 1. The lowest BCUT2D eigenvalue weighted by atomic mass is 10.1. The summed E-state index contributed by atoms with van der Waals surface area (Å²) >= 11 is 1.38. The van der Waals surface area contributed by atoms with Gasteiger partial charge in [0.2, 0.25) is 5.91 Å². The quantitative estimate of drug-likeness (QED) is 0.544. The van der Waals surface area contributed by atoms with Gasteiger partial charge >= 0.3 is 0 Å². The van der Waals surface area contributed by atoms with Gasteiger partial charge in [-0.2, -0.15) is 0 Å². The zero-order valence-electron chi connectivity index (χ0n) is 14.1. The lowest BCUT2D eigenvalue weighted by Crippen LogP contribution is -2.16. The molecule has 4 nitrogen and oxygen atoms in total. The van der Waals surface area contributed by atoms with Crippen LogP contribution in [0.15, 0.2) is 59.6 Å². The van der Waals surface area contributed by atoms with Gasteiger partial charge in [-0.1, -0.05) is 42.1 Å². The third-order valence-corrected chi connectivity index (χ3v) is 4.74. The minimum atomic E-state index is -0.161. The Hall–Kier alpha value is -2.66. The van der Waals surface area contributed by atoms with Gasteiger partial charge < -0.3 is 5.32 Å². The maximum absolute atomic E-state index is 12.2. The first-order chi connectivity index (χ1) is 12.0. The lowest BCUT2D eigenvalue weighted by Gasteiger charge is -2.09. The van der Waals surface area contributed by atoms with Crippen LogP contribution in [0.25, 0.3) is 10.9 Å². The topological polar surface area (TPSA) is 59.1 Å². The van der Waals surface area contributed by atoms with Gasteiger partial charge in [-0.05, 0) is 43.7 Å². The van der Waals surface area contributed by atoms with E-state index in [1.165, 1.54) is 18.7 Å². The van der Waals surface area contributed by atoms with Gasteiger partial charge in [0.15, 0.2) is 5.78 Å². The van der Waals surface area contributed by atoms with Crippen LogP contribution in [0.2, 0.25) is 0 Å². The van der Waals surface area contributed by atoms with Crippen LogP contribution in [0.5, 0.6) is 0 Å². The molecule has 0 bridgehead atoms. The van der Waals surface area contributed by atoms with Gasteiger partial charge in [-0.25, -0.2) is 4.98 Å². The number of fused-ring (bicyclic) bond motifs is 1. The average Bonchev–Trinajstić information content (AvgIpc) is 2.60. The highest BCUT2D eigenvalue weighted by molar-refractivity contribution is 7.99. The van der Waals surface area contributed by atoms with Gasteiger partial charge in [0.05, 0.1) is 22.0 Å². The number of para-hydroxylation sites is 2. The van der Waals surface area contributed by atoms with E-state index in [9.17, 15) is 9.59 Å². The Kier molecular flexibility index (Phi) is 5.14. The highest BCUT2D eigenvalue weighted by atomic mass is 32.2. The van der Waals surface area contributed by atoms with Crippen molar-refractivity contribution in [1.29, 1.82) is 0 Å². The number of nitrogens with one attached hydrogen (secondary N) is 1. The molecule has 5 heteroatoms. The van der Waals surface area contributed by atoms with E-state index in [2.05, 4.69) is 10.3 Å². The lowest BCUT2D eigenvalue weighted by molar-refractivity contribution is -0.113. The molecule has 1 aromatic heterocycles. The fourth-order valence-corrected chi connectivity index (χ4v) is 3.39. The van der Waals surface area contributed by atoms with Crippen molar-refractivity contribution >= 4 is 40.0 Å². The fourth-order valence-electron chi connectivity index (χ4n) is 2.62. The van der Waals surface area contributed by atoms with Crippen molar-refractivity contribution in [2.24, 2.45) is 0 Å². The molecule has 0 spiro atoms. The second-order valence-corrected chi connectivity index (χ2v) is 6.73. The van der Waals surface area contributed by atoms with Crippen molar-refractivity contribution < 1.29 is 9.59 Å². The number of nitrogens with zero attached hydrogens (tertiary/aromatic N) is 1. The molecule has 1 heterocycles. The number of rotatable bonds is 5. The molecule has 0 aliphatic rings. The number of pyridine rings is 1. The summed E-state index contributed by atoms with van der Waals surface area (Å²) in [6.45, 7) is 3.53. The molecule has 0 atom stereocenters. The number of aryl methyl sites for hydroxylation is 1. The minimum absolute atomic E-state index is 0.0737. The SMILES string of the molecule is CC(=O)c1ccccc1NC(=O)CSc1cc(C)c2ccccc2n1. The predicted octanol–water partition coefficient (Wildman–Crippen LogP) is 4.48. The zero-order chi connectivity index (χ0) is 17.8. The smallest absolute Gasteiger partial charge is 0.234 e. The molecule has 0 aliphatic carbocycles. The molecule has 0 fully saturated rings. The number of aromatic nitrogens is 1. The van der Waals surface area contributed by atoms with Crippen molar-refractivity contribution in [3.05, 3.63) is 65.7 Å². The number of amides is 1. The second kappa shape index (κ2) is 7.49. The summed E-state index contributed by atoms with van der Waals surface area (Å²) in [5, 5.41) is 4.73. The van der Waals surface area contributed by atoms with Crippen molar-refractivity contribution in [1.82, 2.24) is 4.98 Å². The van der Waals surface area contributed by atoms with E-state index in [4.69, 9.17) is 0 Å². The fraction of sp³-hybridized carbons (Fsp3) is 0.150. The molecule has 25 heavy (non-hydrogen) atoms. The van der Waals surface area contributed by atoms with E-state index in [1.54, 1.807) is 24.3 Å². The molecule has 0 saturated carbocycles. The molecule has 3 rings (SSSR count). The summed E-state index contributed by atoms with van der Waals surface area (Å²) in [6, 6.07) is 17.0. The van der Waals surface area contributed by atoms with E-state index < -0.39 is 0 Å². The number of carbonyl (C=O) groups excluding carboxylic acids is 2. The summed E-state index contributed by atoms with van der Waals surface area (Å²) in [7, 11) is 0. The minimum Gasteiger partial charge on any atom is -0.325 e. The molecule has 1 N–H and O–H groups in total. The standard InChI is InChI=1S/C20H18N2O2S/c1-13-11-20(22-17-9-5-3-7-15(13)17)25-12-19(24)21-18-10-6-4-8-16(18)14(2)23/h3-11H,12H2,1-2H3,(H,21,24). The summed E-state index contributed by atoms with van der Waals surface area (Å²) < 4.78 is 0. The normalized spacial score (nSPS) is 10.6. The maximum atomic E-state index is 12.2. The third-order valence-electron chi connectivity index (χ3n) is 3.83. The monoisotopic (exact) mass is 350 g/mol. The number of carbonyl (C=O) groups is 2. The first kappa shape index (κ1) is 17.2. The molecule has 0 unspecified atom stereocenters. The number of ketones is 1. The molecule has 0 saturated heterocycles. The highest BCUT2D eigenvalue weighted by Gasteiger charge is 2.11.